The third-order valence-corrected chi connectivity index (χ3v) is 4.76. The molecule has 6 nitrogen and oxygen atoms in total. The van der Waals surface area contributed by atoms with E-state index in [1.54, 1.807) is 54.6 Å². The summed E-state index contributed by atoms with van der Waals surface area (Å²) in [7, 11) is 1.60. The predicted octanol–water partition coefficient (Wildman–Crippen LogP) is 5.88. The van der Waals surface area contributed by atoms with Crippen molar-refractivity contribution in [3.8, 4) is 23.1 Å². The minimum absolute atomic E-state index is 0.154. The Labute approximate surface area is 187 Å². The summed E-state index contributed by atoms with van der Waals surface area (Å²) in [5, 5.41) is 0.608. The number of halogens is 1. The second-order valence-corrected chi connectivity index (χ2v) is 7.25. The lowest BCUT2D eigenvalue weighted by atomic mass is 10.1. The maximum absolute atomic E-state index is 12.6. The maximum Gasteiger partial charge on any atom is 0.243 e. The van der Waals surface area contributed by atoms with Gasteiger partial charge in [-0.1, -0.05) is 18.5 Å². The van der Waals surface area contributed by atoms with Crippen LogP contribution in [-0.2, 0) is 11.3 Å². The Morgan fingerprint density at radius 2 is 1.84 bits per heavy atom. The number of hydrogen-bond acceptors (Lipinski definition) is 5. The highest BCUT2D eigenvalue weighted by atomic mass is 35.5. The topological polar surface area (TPSA) is 60.9 Å². The van der Waals surface area contributed by atoms with Gasteiger partial charge in [0.05, 0.1) is 20.3 Å². The van der Waals surface area contributed by atoms with Crippen molar-refractivity contribution in [3.63, 3.8) is 0 Å². The number of amides is 1. The zero-order chi connectivity index (χ0) is 22.2. The molecule has 0 aliphatic heterocycles. The Morgan fingerprint density at radius 1 is 1.10 bits per heavy atom. The van der Waals surface area contributed by atoms with Crippen LogP contribution in [0.5, 0.6) is 23.1 Å². The summed E-state index contributed by atoms with van der Waals surface area (Å²) < 4.78 is 17.2. The van der Waals surface area contributed by atoms with E-state index in [-0.39, 0.29) is 12.5 Å². The Hall–Kier alpha value is -3.25. The van der Waals surface area contributed by atoms with Gasteiger partial charge in [-0.3, -0.25) is 4.79 Å². The number of pyridine rings is 1. The van der Waals surface area contributed by atoms with Gasteiger partial charge >= 0.3 is 0 Å². The van der Waals surface area contributed by atoms with Crippen molar-refractivity contribution in [1.82, 2.24) is 4.98 Å². The first-order chi connectivity index (χ1) is 15.0. The van der Waals surface area contributed by atoms with E-state index in [0.29, 0.717) is 40.4 Å². The molecule has 0 N–H and O–H groups in total. The molecule has 0 spiro atoms. The second kappa shape index (κ2) is 10.7. The van der Waals surface area contributed by atoms with Crippen molar-refractivity contribution in [2.45, 2.75) is 26.8 Å². The molecule has 0 aliphatic rings. The molecule has 162 valence electrons. The van der Waals surface area contributed by atoms with Crippen LogP contribution >= 0.6 is 11.6 Å². The van der Waals surface area contributed by atoms with E-state index in [9.17, 15) is 4.79 Å². The third-order valence-electron chi connectivity index (χ3n) is 4.51. The van der Waals surface area contributed by atoms with Crippen LogP contribution in [0.1, 0.15) is 25.8 Å². The fourth-order valence-electron chi connectivity index (χ4n) is 2.98. The lowest BCUT2D eigenvalue weighted by molar-refractivity contribution is -0.116. The fourth-order valence-corrected chi connectivity index (χ4v) is 3.10. The third kappa shape index (κ3) is 5.89. The van der Waals surface area contributed by atoms with Gasteiger partial charge in [0.1, 0.15) is 22.9 Å². The summed E-state index contributed by atoms with van der Waals surface area (Å²) in [5.41, 5.74) is 1.37. The quantitative estimate of drug-likeness (QED) is 0.416. The summed E-state index contributed by atoms with van der Waals surface area (Å²) in [5.74, 6) is 2.13. The molecule has 0 atom stereocenters. The summed E-state index contributed by atoms with van der Waals surface area (Å²) in [6.07, 6.45) is 2.50. The van der Waals surface area contributed by atoms with E-state index in [0.717, 1.165) is 12.0 Å². The van der Waals surface area contributed by atoms with E-state index in [2.05, 4.69) is 4.98 Å². The summed E-state index contributed by atoms with van der Waals surface area (Å²) >= 11 is 5.96. The average Bonchev–Trinajstić information content (AvgIpc) is 2.78. The molecular weight excluding hydrogens is 416 g/mol. The summed E-state index contributed by atoms with van der Waals surface area (Å²) in [6.45, 7) is 4.40. The van der Waals surface area contributed by atoms with Crippen molar-refractivity contribution in [2.75, 3.05) is 18.6 Å². The standard InChI is InChI=1S/C24H25ClN2O4/c1-4-14-30-23-12-11-21(29-3)15-18(23)16-27(17(2)28)22-6-5-13-26-24(22)31-20-9-7-19(25)8-10-20/h5-13,15H,4,14,16H2,1-3H3. The molecule has 0 saturated carbocycles. The monoisotopic (exact) mass is 440 g/mol. The molecule has 1 heterocycles. The molecule has 0 saturated heterocycles. The number of benzene rings is 2. The highest BCUT2D eigenvalue weighted by molar-refractivity contribution is 6.30. The molecular formula is C24H25ClN2O4. The largest absolute Gasteiger partial charge is 0.497 e. The van der Waals surface area contributed by atoms with Crippen molar-refractivity contribution < 1.29 is 19.0 Å². The molecule has 0 fully saturated rings. The molecule has 31 heavy (non-hydrogen) atoms. The molecule has 0 radical (unpaired) electrons. The van der Waals surface area contributed by atoms with E-state index in [4.69, 9.17) is 25.8 Å². The Balaban J connectivity index is 1.95. The Kier molecular flexibility index (Phi) is 7.73. The lowest BCUT2D eigenvalue weighted by Crippen LogP contribution is -2.28. The number of hydrogen-bond donors (Lipinski definition) is 0. The molecule has 0 bridgehead atoms. The minimum Gasteiger partial charge on any atom is -0.497 e. The van der Waals surface area contributed by atoms with Gasteiger partial charge in [0, 0.05) is 23.7 Å². The number of carbonyl (C=O) groups excluding carboxylic acids is 1. The first kappa shape index (κ1) is 22.4. The van der Waals surface area contributed by atoms with Crippen LogP contribution in [0.3, 0.4) is 0 Å². The number of ether oxygens (including phenoxy) is 3. The number of carbonyl (C=O) groups is 1. The number of anilines is 1. The molecule has 0 aliphatic carbocycles. The van der Waals surface area contributed by atoms with Crippen molar-refractivity contribution >= 4 is 23.2 Å². The first-order valence-electron chi connectivity index (χ1n) is 9.98. The summed E-state index contributed by atoms with van der Waals surface area (Å²) in [4.78, 5) is 18.6. The first-order valence-corrected chi connectivity index (χ1v) is 10.4. The normalized spacial score (nSPS) is 10.5. The van der Waals surface area contributed by atoms with Crippen LogP contribution < -0.4 is 19.1 Å². The van der Waals surface area contributed by atoms with Crippen molar-refractivity contribution in [3.05, 3.63) is 71.4 Å². The van der Waals surface area contributed by atoms with Crippen LogP contribution in [0.25, 0.3) is 0 Å². The number of rotatable bonds is 9. The average molecular weight is 441 g/mol. The van der Waals surface area contributed by atoms with Crippen LogP contribution in [-0.4, -0.2) is 24.6 Å². The van der Waals surface area contributed by atoms with E-state index in [1.807, 2.05) is 25.1 Å². The fraction of sp³-hybridized carbons (Fsp3) is 0.250. The van der Waals surface area contributed by atoms with Crippen LogP contribution in [0, 0.1) is 0 Å². The zero-order valence-corrected chi connectivity index (χ0v) is 18.6. The number of aromatic nitrogens is 1. The lowest BCUT2D eigenvalue weighted by Gasteiger charge is -2.24. The van der Waals surface area contributed by atoms with E-state index < -0.39 is 0 Å². The minimum atomic E-state index is -0.154. The Bertz CT molecular complexity index is 1020. The molecule has 3 aromatic rings. The SMILES string of the molecule is CCCOc1ccc(OC)cc1CN(C(C)=O)c1cccnc1Oc1ccc(Cl)cc1. The van der Waals surface area contributed by atoms with Gasteiger partial charge in [-0.2, -0.15) is 0 Å². The van der Waals surface area contributed by atoms with Gasteiger partial charge in [-0.15, -0.1) is 0 Å². The zero-order valence-electron chi connectivity index (χ0n) is 17.8. The number of nitrogens with zero attached hydrogens (tertiary/aromatic N) is 2. The maximum atomic E-state index is 12.6. The van der Waals surface area contributed by atoms with Gasteiger partial charge in [0.2, 0.25) is 11.8 Å². The van der Waals surface area contributed by atoms with Crippen molar-refractivity contribution in [1.29, 1.82) is 0 Å². The van der Waals surface area contributed by atoms with Crippen molar-refractivity contribution in [2.24, 2.45) is 0 Å². The summed E-state index contributed by atoms with van der Waals surface area (Å²) in [6, 6.07) is 16.1. The predicted molar refractivity (Wildman–Crippen MR) is 121 cm³/mol. The Morgan fingerprint density at radius 3 is 2.52 bits per heavy atom. The van der Waals surface area contributed by atoms with Crippen LogP contribution in [0.2, 0.25) is 5.02 Å². The van der Waals surface area contributed by atoms with Crippen LogP contribution in [0.4, 0.5) is 5.69 Å². The van der Waals surface area contributed by atoms with Gasteiger partial charge in [-0.05, 0) is 61.0 Å². The molecule has 1 aromatic heterocycles. The molecule has 0 unspecified atom stereocenters. The highest BCUT2D eigenvalue weighted by Gasteiger charge is 2.20. The molecule has 2 aromatic carbocycles. The van der Waals surface area contributed by atoms with Gasteiger partial charge in [-0.25, -0.2) is 4.98 Å². The van der Waals surface area contributed by atoms with Gasteiger partial charge in [0.15, 0.2) is 0 Å². The van der Waals surface area contributed by atoms with E-state index in [1.165, 1.54) is 6.92 Å². The molecule has 7 heteroatoms. The number of methoxy groups -OCH3 is 1. The smallest absolute Gasteiger partial charge is 0.243 e. The van der Waals surface area contributed by atoms with Gasteiger partial charge in [0.25, 0.3) is 0 Å². The highest BCUT2D eigenvalue weighted by Crippen LogP contribution is 2.34. The molecule has 1 amide bonds. The van der Waals surface area contributed by atoms with Crippen LogP contribution in [0.15, 0.2) is 60.8 Å². The van der Waals surface area contributed by atoms with Gasteiger partial charge < -0.3 is 19.1 Å². The van der Waals surface area contributed by atoms with E-state index >= 15 is 0 Å². The second-order valence-electron chi connectivity index (χ2n) is 6.81. The molecule has 3 rings (SSSR count).